The van der Waals surface area contributed by atoms with Gasteiger partial charge in [0.05, 0.1) is 44.1 Å². The van der Waals surface area contributed by atoms with Crippen molar-refractivity contribution >= 4 is 87.5 Å². The third-order valence-electron chi connectivity index (χ3n) is 10.0. The van der Waals surface area contributed by atoms with Crippen LogP contribution in [0.15, 0.2) is 110 Å². The molecule has 11 rings (SSSR count). The summed E-state index contributed by atoms with van der Waals surface area (Å²) in [4.78, 5) is 32.9. The number of hydrogen-bond donors (Lipinski definition) is 1. The molecule has 0 bridgehead atoms. The second-order valence-corrected chi connectivity index (χ2v) is 12.6. The molecule has 9 heteroatoms. The molecule has 0 aliphatic rings. The van der Waals surface area contributed by atoms with Gasteiger partial charge < -0.3 is 14.1 Å². The summed E-state index contributed by atoms with van der Waals surface area (Å²) in [5.74, 6) is 1.78. The van der Waals surface area contributed by atoms with Crippen LogP contribution in [0.1, 0.15) is 0 Å². The van der Waals surface area contributed by atoms with Gasteiger partial charge in [-0.15, -0.1) is 0 Å². The molecule has 0 saturated carbocycles. The Balaban J connectivity index is 1.13. The normalized spacial score (nSPS) is 12.3. The minimum absolute atomic E-state index is 0.866. The van der Waals surface area contributed by atoms with Gasteiger partial charge in [0, 0.05) is 93.4 Å². The molecule has 0 aliphatic carbocycles. The number of benzene rings is 4. The first-order valence-electron chi connectivity index (χ1n) is 16.2. The Morgan fingerprint density at radius 3 is 1.24 bits per heavy atom. The van der Waals surface area contributed by atoms with Gasteiger partial charge in [0.25, 0.3) is 0 Å². The number of aromatic nitrogens is 9. The average Bonchev–Trinajstić information content (AvgIpc) is 3.82. The Morgan fingerprint density at radius 1 is 0.429 bits per heavy atom. The van der Waals surface area contributed by atoms with Crippen molar-refractivity contribution in [2.75, 3.05) is 0 Å². The monoisotopic (exact) mass is 631 g/mol. The summed E-state index contributed by atoms with van der Waals surface area (Å²) >= 11 is 0. The van der Waals surface area contributed by atoms with Gasteiger partial charge in [-0.25, -0.2) is 9.97 Å². The third-order valence-corrected chi connectivity index (χ3v) is 10.0. The van der Waals surface area contributed by atoms with Crippen LogP contribution in [-0.2, 0) is 14.1 Å². The van der Waals surface area contributed by atoms with Crippen LogP contribution < -0.4 is 0 Å². The molecule has 4 aromatic carbocycles. The zero-order valence-corrected chi connectivity index (χ0v) is 26.5. The second kappa shape index (κ2) is 9.42. The van der Waals surface area contributed by atoms with E-state index < -0.39 is 0 Å². The predicted octanol–water partition coefficient (Wildman–Crippen LogP) is 8.62. The van der Waals surface area contributed by atoms with Gasteiger partial charge in [-0.2, -0.15) is 0 Å². The molecule has 0 saturated heterocycles. The van der Waals surface area contributed by atoms with E-state index in [4.69, 9.17) is 29.9 Å². The fourth-order valence-electron chi connectivity index (χ4n) is 7.82. The summed E-state index contributed by atoms with van der Waals surface area (Å²) in [5, 5.41) is 6.33. The lowest BCUT2D eigenvalue weighted by molar-refractivity contribution is 0.963. The summed E-state index contributed by atoms with van der Waals surface area (Å²) in [5.41, 5.74) is 11.7. The highest BCUT2D eigenvalue weighted by molar-refractivity contribution is 6.22. The third kappa shape index (κ3) is 3.48. The maximum absolute atomic E-state index is 5.24. The Bertz CT molecular complexity index is 2990. The number of aromatic amines is 1. The Hall–Kier alpha value is -6.74. The highest BCUT2D eigenvalue weighted by atomic mass is 15.1. The van der Waals surface area contributed by atoms with E-state index in [9.17, 15) is 0 Å². The lowest BCUT2D eigenvalue weighted by atomic mass is 10.1. The number of pyridine rings is 4. The molecule has 49 heavy (non-hydrogen) atoms. The van der Waals surface area contributed by atoms with Crippen LogP contribution in [0.25, 0.3) is 110 Å². The smallest absolute Gasteiger partial charge is 0.140 e. The van der Waals surface area contributed by atoms with Crippen molar-refractivity contribution in [2.24, 2.45) is 14.1 Å². The summed E-state index contributed by atoms with van der Waals surface area (Å²) in [6.45, 7) is 0. The van der Waals surface area contributed by atoms with E-state index in [2.05, 4.69) is 88.9 Å². The maximum atomic E-state index is 5.24. The minimum atomic E-state index is 0.866. The molecular weight excluding hydrogens is 607 g/mol. The predicted molar refractivity (Wildman–Crippen MR) is 196 cm³/mol. The molecule has 0 atom stereocenters. The van der Waals surface area contributed by atoms with E-state index in [1.165, 1.54) is 0 Å². The standard InChI is InChI=1S/C40H25N9/c1-48-37-25-9-5-17-43-33(25)31-23(7-3-15-41-31)35(37)46-39(48)21-11-13-29-27(19-21)28-20-22(12-14-30(28)45-29)40-47-36-24-8-4-16-42-32(24)34-26(10-6-18-44-34)38(36)49(40)2/h3-20,45H,1-2H3. The highest BCUT2D eigenvalue weighted by Crippen LogP contribution is 2.39. The van der Waals surface area contributed by atoms with Crippen LogP contribution >= 0.6 is 0 Å². The van der Waals surface area contributed by atoms with E-state index in [1.807, 2.05) is 49.1 Å². The number of fused-ring (bicyclic) bond motifs is 15. The number of hydrogen-bond acceptors (Lipinski definition) is 6. The molecule has 0 unspecified atom stereocenters. The van der Waals surface area contributed by atoms with E-state index in [1.54, 1.807) is 0 Å². The SMILES string of the molecule is Cn1c(-c2ccc3[nH]c4ccc(-c5nc6c7cccnc7c7ncccc7c6n5C)cc4c3c2)nc2c3cccnc3c3ncccc3c21. The van der Waals surface area contributed by atoms with Gasteiger partial charge >= 0.3 is 0 Å². The molecule has 7 heterocycles. The summed E-state index contributed by atoms with van der Waals surface area (Å²) < 4.78 is 4.37. The molecule has 9 nitrogen and oxygen atoms in total. The Morgan fingerprint density at radius 2 is 0.816 bits per heavy atom. The van der Waals surface area contributed by atoms with E-state index >= 15 is 0 Å². The van der Waals surface area contributed by atoms with Gasteiger partial charge in [0.2, 0.25) is 0 Å². The average molecular weight is 632 g/mol. The molecule has 0 spiro atoms. The number of nitrogens with zero attached hydrogens (tertiary/aromatic N) is 8. The lowest BCUT2D eigenvalue weighted by Gasteiger charge is -2.07. The number of aryl methyl sites for hydroxylation is 2. The number of imidazole rings is 2. The van der Waals surface area contributed by atoms with Gasteiger partial charge in [-0.1, -0.05) is 0 Å². The molecule has 11 aromatic rings. The highest BCUT2D eigenvalue weighted by Gasteiger charge is 2.21. The number of nitrogens with one attached hydrogen (secondary N) is 1. The van der Waals surface area contributed by atoms with E-state index in [0.717, 1.165) is 110 Å². The van der Waals surface area contributed by atoms with Gasteiger partial charge in [0.15, 0.2) is 0 Å². The van der Waals surface area contributed by atoms with Crippen molar-refractivity contribution < 1.29 is 0 Å². The molecule has 230 valence electrons. The summed E-state index contributed by atoms with van der Waals surface area (Å²) in [6, 6.07) is 29.3. The van der Waals surface area contributed by atoms with E-state index in [0.29, 0.717) is 0 Å². The first-order chi connectivity index (χ1) is 24.1. The molecular formula is C40H25N9. The summed E-state index contributed by atoms with van der Waals surface area (Å²) in [6.07, 6.45) is 7.28. The van der Waals surface area contributed by atoms with Crippen LogP contribution in [0.2, 0.25) is 0 Å². The maximum Gasteiger partial charge on any atom is 0.140 e. The molecule has 7 aromatic heterocycles. The fourth-order valence-corrected chi connectivity index (χ4v) is 7.82. The zero-order chi connectivity index (χ0) is 32.4. The van der Waals surface area contributed by atoms with Crippen LogP contribution in [0.4, 0.5) is 0 Å². The van der Waals surface area contributed by atoms with Crippen molar-refractivity contribution in [1.29, 1.82) is 0 Å². The first kappa shape index (κ1) is 26.3. The minimum Gasteiger partial charge on any atom is -0.355 e. The van der Waals surface area contributed by atoms with Crippen molar-refractivity contribution in [2.45, 2.75) is 0 Å². The quantitative estimate of drug-likeness (QED) is 0.192. The molecule has 0 aliphatic heterocycles. The van der Waals surface area contributed by atoms with Crippen molar-refractivity contribution in [3.63, 3.8) is 0 Å². The van der Waals surface area contributed by atoms with E-state index in [-0.39, 0.29) is 0 Å². The molecule has 0 amide bonds. The summed E-state index contributed by atoms with van der Waals surface area (Å²) in [7, 11) is 4.17. The Kier molecular flexibility index (Phi) is 5.06. The topological polar surface area (TPSA) is 103 Å². The van der Waals surface area contributed by atoms with Crippen LogP contribution in [0.3, 0.4) is 0 Å². The molecule has 0 fully saturated rings. The van der Waals surface area contributed by atoms with Crippen LogP contribution in [0, 0.1) is 0 Å². The number of rotatable bonds is 2. The van der Waals surface area contributed by atoms with Gasteiger partial charge in [-0.3, -0.25) is 19.9 Å². The van der Waals surface area contributed by atoms with Gasteiger partial charge in [0.1, 0.15) is 11.6 Å². The molecule has 1 N–H and O–H groups in total. The van der Waals surface area contributed by atoms with Crippen LogP contribution in [-0.4, -0.2) is 44.0 Å². The van der Waals surface area contributed by atoms with Crippen molar-refractivity contribution in [1.82, 2.24) is 44.0 Å². The van der Waals surface area contributed by atoms with Gasteiger partial charge in [-0.05, 0) is 84.9 Å². The van der Waals surface area contributed by atoms with Crippen LogP contribution in [0.5, 0.6) is 0 Å². The number of H-pyrrole nitrogens is 1. The largest absolute Gasteiger partial charge is 0.355 e. The Labute approximate surface area is 277 Å². The lowest BCUT2D eigenvalue weighted by Crippen LogP contribution is -1.94. The first-order valence-corrected chi connectivity index (χ1v) is 16.2. The zero-order valence-electron chi connectivity index (χ0n) is 26.5. The fraction of sp³-hybridized carbons (Fsp3) is 0.0500. The molecule has 0 radical (unpaired) electrons. The van der Waals surface area contributed by atoms with Crippen molar-refractivity contribution in [3.05, 3.63) is 110 Å². The second-order valence-electron chi connectivity index (χ2n) is 12.6. The van der Waals surface area contributed by atoms with Crippen molar-refractivity contribution in [3.8, 4) is 22.8 Å².